The molecular weight excluding hydrogens is 460 g/mol. The smallest absolute Gasteiger partial charge is 0.0620 e. The van der Waals surface area contributed by atoms with Gasteiger partial charge in [-0.1, -0.05) is 109 Å². The minimum Gasteiger partial charge on any atom is -0.310 e. The van der Waals surface area contributed by atoms with Gasteiger partial charge in [-0.2, -0.15) is 0 Å². The molecule has 6 aromatic carbocycles. The highest BCUT2D eigenvalue weighted by molar-refractivity contribution is 6.14. The van der Waals surface area contributed by atoms with Crippen LogP contribution in [0.5, 0.6) is 0 Å². The molecule has 0 fully saturated rings. The third kappa shape index (κ3) is 3.66. The number of hydrogen-bond acceptors (Lipinski definition) is 1. The molecule has 0 radical (unpaired) electrons. The van der Waals surface area contributed by atoms with Crippen molar-refractivity contribution in [1.82, 2.24) is 4.57 Å². The molecule has 1 aromatic heterocycles. The summed E-state index contributed by atoms with van der Waals surface area (Å²) in [6, 6.07) is 56.0. The zero-order valence-electron chi connectivity index (χ0n) is 20.9. The first-order valence-corrected chi connectivity index (χ1v) is 13.0. The molecule has 7 aromatic rings. The van der Waals surface area contributed by atoms with Crippen molar-refractivity contribution in [1.29, 1.82) is 0 Å². The van der Waals surface area contributed by atoms with E-state index in [2.05, 4.69) is 167 Å². The minimum absolute atomic E-state index is 1.13. The largest absolute Gasteiger partial charge is 0.310 e. The highest BCUT2D eigenvalue weighted by Gasteiger charge is 2.21. The Bertz CT molecular complexity index is 1810. The summed E-state index contributed by atoms with van der Waals surface area (Å²) in [5.41, 5.74) is 9.37. The normalized spacial score (nSPS) is 11.2. The molecule has 0 saturated heterocycles. The first kappa shape index (κ1) is 22.1. The van der Waals surface area contributed by atoms with Gasteiger partial charge in [0.1, 0.15) is 0 Å². The van der Waals surface area contributed by atoms with Gasteiger partial charge in [-0.3, -0.25) is 0 Å². The van der Waals surface area contributed by atoms with E-state index >= 15 is 0 Å². The van der Waals surface area contributed by atoms with Crippen molar-refractivity contribution >= 4 is 38.9 Å². The van der Waals surface area contributed by atoms with Crippen molar-refractivity contribution in [3.8, 4) is 16.8 Å². The van der Waals surface area contributed by atoms with Gasteiger partial charge in [-0.05, 0) is 48.5 Å². The van der Waals surface area contributed by atoms with Crippen LogP contribution in [-0.2, 0) is 0 Å². The SMILES string of the molecule is c1ccc(N(c2ccccc2)c2ccccc2-c2cccc3c4ccccc4n(-c4ccccc4)c23)cc1. The Morgan fingerprint density at radius 3 is 1.63 bits per heavy atom. The van der Waals surface area contributed by atoms with E-state index in [0.717, 1.165) is 22.7 Å². The average molecular weight is 487 g/mol. The molecule has 0 aliphatic carbocycles. The van der Waals surface area contributed by atoms with E-state index in [0.29, 0.717) is 0 Å². The fraction of sp³-hybridized carbons (Fsp3) is 0. The molecule has 0 N–H and O–H groups in total. The van der Waals surface area contributed by atoms with Crippen LogP contribution >= 0.6 is 0 Å². The Morgan fingerprint density at radius 2 is 0.921 bits per heavy atom. The second-order valence-corrected chi connectivity index (χ2v) is 9.41. The number of aromatic nitrogens is 1. The van der Waals surface area contributed by atoms with Gasteiger partial charge < -0.3 is 9.47 Å². The zero-order chi connectivity index (χ0) is 25.3. The molecule has 0 bridgehead atoms. The lowest BCUT2D eigenvalue weighted by Crippen LogP contribution is -2.11. The summed E-state index contributed by atoms with van der Waals surface area (Å²) in [7, 11) is 0. The first-order valence-electron chi connectivity index (χ1n) is 13.0. The van der Waals surface area contributed by atoms with Crippen LogP contribution < -0.4 is 4.90 Å². The van der Waals surface area contributed by atoms with Gasteiger partial charge in [0.05, 0.1) is 16.7 Å². The van der Waals surface area contributed by atoms with Crippen LogP contribution in [0.1, 0.15) is 0 Å². The van der Waals surface area contributed by atoms with Crippen molar-refractivity contribution in [2.24, 2.45) is 0 Å². The number of hydrogen-bond donors (Lipinski definition) is 0. The summed E-state index contributed by atoms with van der Waals surface area (Å²) in [6.07, 6.45) is 0. The van der Waals surface area contributed by atoms with E-state index in [1.165, 1.54) is 32.9 Å². The molecule has 0 aliphatic heterocycles. The van der Waals surface area contributed by atoms with Crippen LogP contribution in [0.25, 0.3) is 38.6 Å². The topological polar surface area (TPSA) is 8.17 Å². The van der Waals surface area contributed by atoms with E-state index in [1.54, 1.807) is 0 Å². The van der Waals surface area contributed by atoms with Gasteiger partial charge in [0.15, 0.2) is 0 Å². The van der Waals surface area contributed by atoms with Gasteiger partial charge in [0, 0.05) is 39.0 Å². The summed E-state index contributed by atoms with van der Waals surface area (Å²) < 4.78 is 2.41. The first-order chi connectivity index (χ1) is 18.9. The van der Waals surface area contributed by atoms with Crippen LogP contribution in [0, 0.1) is 0 Å². The van der Waals surface area contributed by atoms with Crippen LogP contribution in [0.15, 0.2) is 158 Å². The summed E-state index contributed by atoms with van der Waals surface area (Å²) in [4.78, 5) is 2.35. The molecule has 0 spiro atoms. The molecule has 1 heterocycles. The average Bonchev–Trinajstić information content (AvgIpc) is 3.34. The number of nitrogens with zero attached hydrogens (tertiary/aromatic N) is 2. The standard InChI is InChI=1S/C36H26N2/c1-4-15-27(16-5-1)37(28-17-6-2-7-18-28)34-25-12-10-21-30(34)32-23-14-24-33-31-22-11-13-26-35(31)38(36(32)33)29-19-8-3-9-20-29/h1-26H. The Balaban J connectivity index is 1.56. The summed E-state index contributed by atoms with van der Waals surface area (Å²) in [5.74, 6) is 0. The fourth-order valence-corrected chi connectivity index (χ4v) is 5.56. The predicted molar refractivity (Wildman–Crippen MR) is 161 cm³/mol. The van der Waals surface area contributed by atoms with E-state index < -0.39 is 0 Å². The maximum absolute atomic E-state index is 2.41. The number of anilines is 3. The van der Waals surface area contributed by atoms with Gasteiger partial charge in [-0.25, -0.2) is 0 Å². The molecule has 0 aliphatic rings. The van der Waals surface area contributed by atoms with Gasteiger partial charge in [-0.15, -0.1) is 0 Å². The zero-order valence-corrected chi connectivity index (χ0v) is 20.9. The Labute approximate surface area is 222 Å². The van der Waals surface area contributed by atoms with E-state index in [4.69, 9.17) is 0 Å². The maximum Gasteiger partial charge on any atom is 0.0620 e. The summed E-state index contributed by atoms with van der Waals surface area (Å²) in [5, 5.41) is 2.51. The predicted octanol–water partition coefficient (Wildman–Crippen LogP) is 9.92. The fourth-order valence-electron chi connectivity index (χ4n) is 5.56. The Kier molecular flexibility index (Phi) is 5.49. The maximum atomic E-state index is 2.41. The van der Waals surface area contributed by atoms with Gasteiger partial charge >= 0.3 is 0 Å². The Morgan fingerprint density at radius 1 is 0.395 bits per heavy atom. The molecule has 180 valence electrons. The third-order valence-corrected chi connectivity index (χ3v) is 7.17. The number of benzene rings is 6. The molecular formula is C36H26N2. The summed E-state index contributed by atoms with van der Waals surface area (Å²) in [6.45, 7) is 0. The molecule has 0 amide bonds. The van der Waals surface area contributed by atoms with Crippen LogP contribution in [0.4, 0.5) is 17.1 Å². The van der Waals surface area contributed by atoms with Crippen molar-refractivity contribution < 1.29 is 0 Å². The minimum atomic E-state index is 1.13. The third-order valence-electron chi connectivity index (χ3n) is 7.17. The molecule has 0 atom stereocenters. The highest BCUT2D eigenvalue weighted by Crippen LogP contribution is 2.44. The highest BCUT2D eigenvalue weighted by atomic mass is 15.1. The number of rotatable bonds is 5. The molecule has 0 unspecified atom stereocenters. The lowest BCUT2D eigenvalue weighted by Gasteiger charge is -2.28. The van der Waals surface area contributed by atoms with Crippen molar-refractivity contribution in [2.45, 2.75) is 0 Å². The van der Waals surface area contributed by atoms with Crippen molar-refractivity contribution in [3.05, 3.63) is 158 Å². The van der Waals surface area contributed by atoms with E-state index in [1.807, 2.05) is 0 Å². The van der Waals surface area contributed by atoms with Crippen molar-refractivity contribution in [3.63, 3.8) is 0 Å². The second-order valence-electron chi connectivity index (χ2n) is 9.41. The molecule has 2 heteroatoms. The monoisotopic (exact) mass is 486 g/mol. The molecule has 2 nitrogen and oxygen atoms in total. The van der Waals surface area contributed by atoms with E-state index in [-0.39, 0.29) is 0 Å². The van der Waals surface area contributed by atoms with Crippen LogP contribution in [0.3, 0.4) is 0 Å². The number of fused-ring (bicyclic) bond motifs is 3. The number of para-hydroxylation sites is 6. The van der Waals surface area contributed by atoms with Gasteiger partial charge in [0.25, 0.3) is 0 Å². The lowest BCUT2D eigenvalue weighted by molar-refractivity contribution is 1.18. The lowest BCUT2D eigenvalue weighted by atomic mass is 9.99. The van der Waals surface area contributed by atoms with Crippen molar-refractivity contribution in [2.75, 3.05) is 4.90 Å². The van der Waals surface area contributed by atoms with Crippen LogP contribution in [0.2, 0.25) is 0 Å². The van der Waals surface area contributed by atoms with E-state index in [9.17, 15) is 0 Å². The molecule has 7 rings (SSSR count). The Hall–Kier alpha value is -5.08. The molecule has 38 heavy (non-hydrogen) atoms. The quantitative estimate of drug-likeness (QED) is 0.235. The second kappa shape index (κ2) is 9.42. The summed E-state index contributed by atoms with van der Waals surface area (Å²) >= 11 is 0. The van der Waals surface area contributed by atoms with Gasteiger partial charge in [0.2, 0.25) is 0 Å². The van der Waals surface area contributed by atoms with Crippen LogP contribution in [-0.4, -0.2) is 4.57 Å². The molecule has 0 saturated carbocycles.